The first kappa shape index (κ1) is 13.2. The smallest absolute Gasteiger partial charge is 0.000276 e. The first-order valence-corrected chi connectivity index (χ1v) is 4.95. The number of rotatable bonds is 3. The topological polar surface area (TPSA) is 0 Å². The normalized spacial score (nSPS) is 8.73. The van der Waals surface area contributed by atoms with Crippen molar-refractivity contribution < 1.29 is 0 Å². The lowest BCUT2D eigenvalue weighted by molar-refractivity contribution is 1.50. The van der Waals surface area contributed by atoms with Crippen LogP contribution in [-0.2, 0) is 0 Å². The minimum atomic E-state index is 1.06. The van der Waals surface area contributed by atoms with Gasteiger partial charge >= 0.3 is 0 Å². The maximum Gasteiger partial charge on any atom is -0.000276 e. The zero-order valence-corrected chi connectivity index (χ0v) is 8.79. The highest BCUT2D eigenvalue weighted by atomic mass is 32.2. The maximum absolute atomic E-state index is 3.78. The van der Waals surface area contributed by atoms with Crippen LogP contribution in [0.3, 0.4) is 0 Å². The van der Waals surface area contributed by atoms with Gasteiger partial charge in [0.15, 0.2) is 0 Å². The molecule has 0 atom stereocenters. The molecule has 0 aromatic rings. The van der Waals surface area contributed by atoms with Gasteiger partial charge in [0.25, 0.3) is 0 Å². The first-order chi connectivity index (χ1) is 5.16. The molecule has 0 aromatic carbocycles. The molecule has 0 nitrogen and oxygen atoms in total. The third-order valence-electron chi connectivity index (χ3n) is 0.816. The predicted octanol–water partition coefficient (Wildman–Crippen LogP) is 4.02. The van der Waals surface area contributed by atoms with E-state index in [2.05, 4.69) is 13.2 Å². The summed E-state index contributed by atoms with van der Waals surface area (Å²) in [4.78, 5) is 1.07. The molecule has 0 rings (SSSR count). The van der Waals surface area contributed by atoms with Crippen molar-refractivity contribution in [2.24, 2.45) is 0 Å². The number of hydrogen-bond acceptors (Lipinski definition) is 1. The van der Waals surface area contributed by atoms with Gasteiger partial charge in [-0.2, -0.15) is 0 Å². The molecular weight excluding hydrogens is 152 g/mol. The van der Waals surface area contributed by atoms with Gasteiger partial charge in [-0.15, -0.1) is 11.8 Å². The Labute approximate surface area is 75.1 Å². The fraction of sp³-hybridized carbons (Fsp3) is 0.400. The summed E-state index contributed by atoms with van der Waals surface area (Å²) >= 11 is 1.64. The average molecular weight is 170 g/mol. The Kier molecular flexibility index (Phi) is 11.5. The molecule has 0 bridgehead atoms. The van der Waals surface area contributed by atoms with Crippen LogP contribution in [0.5, 0.6) is 0 Å². The monoisotopic (exact) mass is 170 g/mol. The van der Waals surface area contributed by atoms with Crippen LogP contribution >= 0.6 is 11.8 Å². The molecule has 0 amide bonds. The van der Waals surface area contributed by atoms with E-state index in [1.807, 2.05) is 39.2 Å². The zero-order valence-electron chi connectivity index (χ0n) is 7.98. The second-order valence-corrected chi connectivity index (χ2v) is 2.78. The first-order valence-electron chi connectivity index (χ1n) is 3.73. The van der Waals surface area contributed by atoms with Gasteiger partial charge in [-0.3, -0.25) is 0 Å². The molecule has 0 fully saturated rings. The van der Waals surface area contributed by atoms with Crippen molar-refractivity contribution in [3.63, 3.8) is 0 Å². The molecule has 0 aliphatic rings. The molecule has 0 unspecified atom stereocenters. The fourth-order valence-corrected chi connectivity index (χ4v) is 0.507. The van der Waals surface area contributed by atoms with E-state index >= 15 is 0 Å². The van der Waals surface area contributed by atoms with Crippen LogP contribution in [0.2, 0.25) is 0 Å². The fourth-order valence-electron chi connectivity index (χ4n) is 0.303. The van der Waals surface area contributed by atoms with Crippen LogP contribution in [0.1, 0.15) is 20.8 Å². The number of allylic oxidation sites excluding steroid dienone is 3. The lowest BCUT2D eigenvalue weighted by Gasteiger charge is -1.89. The van der Waals surface area contributed by atoms with Crippen LogP contribution in [0.4, 0.5) is 0 Å². The van der Waals surface area contributed by atoms with Crippen molar-refractivity contribution in [1.82, 2.24) is 0 Å². The zero-order chi connectivity index (χ0) is 9.28. The Morgan fingerprint density at radius 1 is 1.18 bits per heavy atom. The molecule has 64 valence electrons. The highest BCUT2D eigenvalue weighted by Gasteiger charge is 1.79. The standard InChI is InChI=1S/C8H12S.C2H6/c1-7(2)5-6-8(3)9-4;1-2/h5-6H,1,3H2,2,4H3;1-2H3/b6-5-;. The Bertz CT molecular complexity index is 143. The van der Waals surface area contributed by atoms with E-state index < -0.39 is 0 Å². The second-order valence-electron chi connectivity index (χ2n) is 1.85. The summed E-state index contributed by atoms with van der Waals surface area (Å²) in [7, 11) is 0. The Morgan fingerprint density at radius 2 is 1.64 bits per heavy atom. The largest absolute Gasteiger partial charge is 0.130 e. The molecule has 0 spiro atoms. The highest BCUT2D eigenvalue weighted by molar-refractivity contribution is 8.02. The number of hydrogen-bond donors (Lipinski definition) is 0. The minimum absolute atomic E-state index is 1.06. The van der Waals surface area contributed by atoms with Crippen LogP contribution in [-0.4, -0.2) is 6.26 Å². The SMILES string of the molecule is C=C(C)/C=C\C(=C)SC.CC. The summed E-state index contributed by atoms with van der Waals surface area (Å²) in [5.41, 5.74) is 1.06. The van der Waals surface area contributed by atoms with E-state index in [4.69, 9.17) is 0 Å². The average Bonchev–Trinajstić information content (AvgIpc) is 2.04. The molecule has 0 aromatic heterocycles. The summed E-state index contributed by atoms with van der Waals surface area (Å²) in [5, 5.41) is 0. The van der Waals surface area contributed by atoms with Crippen molar-refractivity contribution in [2.45, 2.75) is 20.8 Å². The molecule has 0 saturated carbocycles. The second kappa shape index (κ2) is 9.57. The van der Waals surface area contributed by atoms with Crippen LogP contribution in [0.15, 0.2) is 35.8 Å². The van der Waals surface area contributed by atoms with Crippen molar-refractivity contribution >= 4 is 11.8 Å². The third-order valence-corrected chi connectivity index (χ3v) is 1.48. The van der Waals surface area contributed by atoms with Crippen molar-refractivity contribution in [3.05, 3.63) is 35.8 Å². The van der Waals surface area contributed by atoms with Crippen molar-refractivity contribution in [1.29, 1.82) is 0 Å². The summed E-state index contributed by atoms with van der Waals surface area (Å²) < 4.78 is 0. The summed E-state index contributed by atoms with van der Waals surface area (Å²) in [6, 6.07) is 0. The van der Waals surface area contributed by atoms with Gasteiger partial charge in [0, 0.05) is 0 Å². The van der Waals surface area contributed by atoms with Crippen LogP contribution in [0.25, 0.3) is 0 Å². The molecule has 0 heterocycles. The lowest BCUT2D eigenvalue weighted by Crippen LogP contribution is -1.64. The van der Waals surface area contributed by atoms with Gasteiger partial charge in [0.05, 0.1) is 0 Å². The minimum Gasteiger partial charge on any atom is -0.130 e. The molecule has 0 aliphatic heterocycles. The Hall–Kier alpha value is -0.430. The number of thioether (sulfide) groups is 1. The summed E-state index contributed by atoms with van der Waals surface area (Å²) in [6.45, 7) is 13.5. The van der Waals surface area contributed by atoms with Gasteiger partial charge in [-0.05, 0) is 24.2 Å². The molecule has 0 radical (unpaired) electrons. The van der Waals surface area contributed by atoms with E-state index in [1.54, 1.807) is 11.8 Å². The van der Waals surface area contributed by atoms with Crippen molar-refractivity contribution in [3.8, 4) is 0 Å². The molecular formula is C10H18S. The quantitative estimate of drug-likeness (QED) is 0.576. The van der Waals surface area contributed by atoms with E-state index in [0.717, 1.165) is 10.5 Å². The Balaban J connectivity index is 0. The molecule has 0 N–H and O–H groups in total. The van der Waals surface area contributed by atoms with Gasteiger partial charge in [0.2, 0.25) is 0 Å². The van der Waals surface area contributed by atoms with E-state index in [-0.39, 0.29) is 0 Å². The molecule has 11 heavy (non-hydrogen) atoms. The maximum atomic E-state index is 3.78. The van der Waals surface area contributed by atoms with Crippen LogP contribution in [0, 0.1) is 0 Å². The molecule has 0 saturated heterocycles. The highest BCUT2D eigenvalue weighted by Crippen LogP contribution is 2.09. The van der Waals surface area contributed by atoms with Gasteiger partial charge in [-0.1, -0.05) is 38.7 Å². The Morgan fingerprint density at radius 3 is 1.91 bits per heavy atom. The molecule has 1 heteroatoms. The van der Waals surface area contributed by atoms with Gasteiger partial charge in [-0.25, -0.2) is 0 Å². The predicted molar refractivity (Wildman–Crippen MR) is 58.0 cm³/mol. The van der Waals surface area contributed by atoms with E-state index in [1.165, 1.54) is 0 Å². The molecule has 0 aliphatic carbocycles. The third kappa shape index (κ3) is 12.7. The van der Waals surface area contributed by atoms with Gasteiger partial charge < -0.3 is 0 Å². The summed E-state index contributed by atoms with van der Waals surface area (Å²) in [5.74, 6) is 0. The lowest BCUT2D eigenvalue weighted by atomic mass is 10.3. The van der Waals surface area contributed by atoms with E-state index in [9.17, 15) is 0 Å². The van der Waals surface area contributed by atoms with Gasteiger partial charge in [0.1, 0.15) is 0 Å². The van der Waals surface area contributed by atoms with E-state index in [0.29, 0.717) is 0 Å². The summed E-state index contributed by atoms with van der Waals surface area (Å²) in [6.07, 6.45) is 5.93. The van der Waals surface area contributed by atoms with Crippen molar-refractivity contribution in [2.75, 3.05) is 6.26 Å². The van der Waals surface area contributed by atoms with Crippen LogP contribution < -0.4 is 0 Å².